The smallest absolute Gasteiger partial charge is 0.336 e. The van der Waals surface area contributed by atoms with Crippen LogP contribution in [-0.4, -0.2) is 34.5 Å². The molecule has 1 fully saturated rings. The summed E-state index contributed by atoms with van der Waals surface area (Å²) in [5.74, 6) is -1.52. The average molecular weight is 556 g/mol. The van der Waals surface area contributed by atoms with E-state index in [1.165, 1.54) is 0 Å². The van der Waals surface area contributed by atoms with Gasteiger partial charge in [0.05, 0.1) is 12.0 Å². The summed E-state index contributed by atoms with van der Waals surface area (Å²) in [7, 11) is 0. The number of nitrogens with zero attached hydrogens (tertiary/aromatic N) is 1. The first-order chi connectivity index (χ1) is 19.7. The minimum Gasteiger partial charge on any atom is -0.461 e. The molecule has 1 aliphatic rings. The van der Waals surface area contributed by atoms with E-state index < -0.39 is 23.6 Å². The summed E-state index contributed by atoms with van der Waals surface area (Å²) in [6.07, 6.45) is 0.589. The van der Waals surface area contributed by atoms with Gasteiger partial charge in [0.15, 0.2) is 0 Å². The zero-order valence-corrected chi connectivity index (χ0v) is 23.9. The molecule has 0 spiro atoms. The fourth-order valence-electron chi connectivity index (χ4n) is 4.72. The molecule has 3 aromatic carbocycles. The van der Waals surface area contributed by atoms with Crippen LogP contribution in [-0.2, 0) is 48.4 Å². The quantitative estimate of drug-likeness (QED) is 0.169. The van der Waals surface area contributed by atoms with Crippen LogP contribution in [0.2, 0.25) is 0 Å². The third-order valence-corrected chi connectivity index (χ3v) is 6.62. The Kier molecular flexibility index (Phi) is 9.95. The van der Waals surface area contributed by atoms with Crippen molar-refractivity contribution < 1.29 is 28.6 Å². The number of hydrogen-bond donors (Lipinski definition) is 0. The number of carbonyl (C=O) groups is 3. The molecular weight excluding hydrogens is 518 g/mol. The van der Waals surface area contributed by atoms with Crippen LogP contribution in [0, 0.1) is 0 Å². The maximum Gasteiger partial charge on any atom is 0.336 e. The molecule has 0 unspecified atom stereocenters. The van der Waals surface area contributed by atoms with Crippen molar-refractivity contribution in [2.75, 3.05) is 0 Å². The maximum absolute atomic E-state index is 13.6. The summed E-state index contributed by atoms with van der Waals surface area (Å²) in [6.45, 7) is 6.00. The molecule has 0 radical (unpaired) electrons. The Morgan fingerprint density at radius 1 is 0.756 bits per heavy atom. The largest absolute Gasteiger partial charge is 0.461 e. The van der Waals surface area contributed by atoms with Crippen molar-refractivity contribution >= 4 is 17.9 Å². The Hall–Kier alpha value is -4.39. The second kappa shape index (κ2) is 13.8. The van der Waals surface area contributed by atoms with Gasteiger partial charge in [-0.3, -0.25) is 4.79 Å². The molecule has 1 heterocycles. The first kappa shape index (κ1) is 29.6. The van der Waals surface area contributed by atoms with Crippen molar-refractivity contribution in [3.05, 3.63) is 119 Å². The molecule has 0 N–H and O–H groups in total. The number of likely N-dealkylation sites (tertiary alicyclic amines) is 1. The Balaban J connectivity index is 1.64. The van der Waals surface area contributed by atoms with Crippen LogP contribution < -0.4 is 0 Å². The second-order valence-electron chi connectivity index (χ2n) is 11.0. The van der Waals surface area contributed by atoms with Crippen LogP contribution in [0.25, 0.3) is 0 Å². The lowest BCUT2D eigenvalue weighted by Gasteiger charge is -2.30. The Morgan fingerprint density at radius 2 is 1.27 bits per heavy atom. The fraction of sp³-hybridized carbons (Fsp3) is 0.324. The Morgan fingerprint density at radius 3 is 1.80 bits per heavy atom. The zero-order valence-electron chi connectivity index (χ0n) is 23.9. The van der Waals surface area contributed by atoms with Gasteiger partial charge < -0.3 is 19.1 Å². The van der Waals surface area contributed by atoms with Crippen molar-refractivity contribution in [3.8, 4) is 0 Å². The number of carbonyl (C=O) groups excluding carboxylic acids is 3. The highest BCUT2D eigenvalue weighted by molar-refractivity contribution is 5.95. The van der Waals surface area contributed by atoms with E-state index in [2.05, 4.69) is 0 Å². The number of rotatable bonds is 10. The molecule has 1 aliphatic heterocycles. The normalized spacial score (nSPS) is 16.2. The van der Waals surface area contributed by atoms with E-state index in [1.54, 1.807) is 0 Å². The van der Waals surface area contributed by atoms with Gasteiger partial charge in [0.2, 0.25) is 0 Å². The second-order valence-corrected chi connectivity index (χ2v) is 11.0. The minimum atomic E-state index is -0.666. The predicted molar refractivity (Wildman–Crippen MR) is 155 cm³/mol. The standard InChI is InChI=1S/C34H37NO6/c1-34(2,3)41-33(38)30-20-19-29(35(30)22-25-13-7-4-8-14-25)28(32(37)40-24-27-17-11-6-12-18-27)21-31(36)39-23-26-15-9-5-10-16-26/h4-18,30H,19-24H2,1-3H3/b29-28+/t30-/m1/s1. The van der Waals surface area contributed by atoms with Gasteiger partial charge in [-0.15, -0.1) is 0 Å². The number of benzene rings is 3. The van der Waals surface area contributed by atoms with Gasteiger partial charge >= 0.3 is 17.9 Å². The van der Waals surface area contributed by atoms with E-state index >= 15 is 0 Å². The van der Waals surface area contributed by atoms with Crippen LogP contribution in [0.5, 0.6) is 0 Å². The van der Waals surface area contributed by atoms with Gasteiger partial charge in [-0.2, -0.15) is 0 Å². The molecule has 0 aliphatic carbocycles. The highest BCUT2D eigenvalue weighted by Gasteiger charge is 2.39. The molecule has 7 heteroatoms. The third kappa shape index (κ3) is 8.80. The molecular formula is C34H37NO6. The summed E-state index contributed by atoms with van der Waals surface area (Å²) in [5.41, 5.74) is 2.76. The van der Waals surface area contributed by atoms with Gasteiger partial charge in [-0.1, -0.05) is 91.0 Å². The van der Waals surface area contributed by atoms with E-state index in [4.69, 9.17) is 14.2 Å². The molecule has 0 amide bonds. The lowest BCUT2D eigenvalue weighted by Crippen LogP contribution is -2.40. The Labute approximate surface area is 241 Å². The first-order valence-electron chi connectivity index (χ1n) is 13.9. The number of ether oxygens (including phenoxy) is 3. The molecule has 0 aromatic heterocycles. The van der Waals surface area contributed by atoms with Crippen molar-refractivity contribution in [1.29, 1.82) is 0 Å². The van der Waals surface area contributed by atoms with E-state index in [0.717, 1.165) is 16.7 Å². The molecule has 0 saturated carbocycles. The molecule has 7 nitrogen and oxygen atoms in total. The lowest BCUT2D eigenvalue weighted by atomic mass is 10.1. The number of hydrogen-bond acceptors (Lipinski definition) is 7. The van der Waals surface area contributed by atoms with E-state index in [1.807, 2.05) is 117 Å². The monoisotopic (exact) mass is 555 g/mol. The minimum absolute atomic E-state index is 0.0592. The summed E-state index contributed by atoms with van der Waals surface area (Å²) in [4.78, 5) is 41.8. The van der Waals surface area contributed by atoms with Gasteiger partial charge in [0.1, 0.15) is 24.9 Å². The van der Waals surface area contributed by atoms with E-state index in [0.29, 0.717) is 25.1 Å². The molecule has 41 heavy (non-hydrogen) atoms. The van der Waals surface area contributed by atoms with Gasteiger partial charge in [-0.05, 0) is 50.3 Å². The van der Waals surface area contributed by atoms with E-state index in [9.17, 15) is 14.4 Å². The third-order valence-electron chi connectivity index (χ3n) is 6.62. The molecule has 0 bridgehead atoms. The van der Waals surface area contributed by atoms with Crippen molar-refractivity contribution in [2.24, 2.45) is 0 Å². The topological polar surface area (TPSA) is 82.1 Å². The number of allylic oxidation sites excluding steroid dienone is 1. The van der Waals surface area contributed by atoms with Gasteiger partial charge in [0, 0.05) is 12.2 Å². The number of esters is 3. The van der Waals surface area contributed by atoms with Gasteiger partial charge in [0.25, 0.3) is 0 Å². The molecule has 4 rings (SSSR count). The summed E-state index contributed by atoms with van der Waals surface area (Å²) < 4.78 is 17.0. The fourth-order valence-corrected chi connectivity index (χ4v) is 4.72. The highest BCUT2D eigenvalue weighted by Crippen LogP contribution is 2.35. The molecule has 1 atom stereocenters. The van der Waals surface area contributed by atoms with Crippen LogP contribution in [0.15, 0.2) is 102 Å². The molecule has 1 saturated heterocycles. The summed E-state index contributed by atoms with van der Waals surface area (Å²) >= 11 is 0. The zero-order chi connectivity index (χ0) is 29.2. The van der Waals surface area contributed by atoms with Crippen molar-refractivity contribution in [3.63, 3.8) is 0 Å². The summed E-state index contributed by atoms with van der Waals surface area (Å²) in [5, 5.41) is 0. The van der Waals surface area contributed by atoms with Crippen LogP contribution in [0.1, 0.15) is 56.7 Å². The maximum atomic E-state index is 13.6. The van der Waals surface area contributed by atoms with Crippen LogP contribution >= 0.6 is 0 Å². The highest BCUT2D eigenvalue weighted by atomic mass is 16.6. The summed E-state index contributed by atoms with van der Waals surface area (Å²) in [6, 6.07) is 27.8. The lowest BCUT2D eigenvalue weighted by molar-refractivity contribution is -0.160. The SMILES string of the molecule is CC(C)(C)OC(=O)[C@H]1CC/C(=C(/CC(=O)OCc2ccccc2)C(=O)OCc2ccccc2)N1Cc1ccccc1. The van der Waals surface area contributed by atoms with E-state index in [-0.39, 0.29) is 31.2 Å². The van der Waals surface area contributed by atoms with Crippen molar-refractivity contribution in [2.45, 2.75) is 71.4 Å². The van der Waals surface area contributed by atoms with Crippen molar-refractivity contribution in [1.82, 2.24) is 4.90 Å². The van der Waals surface area contributed by atoms with Gasteiger partial charge in [-0.25, -0.2) is 9.59 Å². The first-order valence-corrected chi connectivity index (χ1v) is 13.9. The predicted octanol–water partition coefficient (Wildman–Crippen LogP) is 6.12. The van der Waals surface area contributed by atoms with Crippen LogP contribution in [0.4, 0.5) is 0 Å². The molecule has 3 aromatic rings. The van der Waals surface area contributed by atoms with Crippen LogP contribution in [0.3, 0.4) is 0 Å². The average Bonchev–Trinajstić information content (AvgIpc) is 3.37. The Bertz CT molecular complexity index is 1350. The molecule has 214 valence electrons.